The standard InChI is InChI=1S/C21H31Cl2N3O2.HI/c1-3-28-17-6-10-26(11-7-17)20(24-2)25-15-21(8-12-27-13-9-21)18-5-4-16(22)14-19(18)23;/h4-5,14,17H,3,6-13,15H2,1-2H3,(H,24,25);1H. The molecule has 1 N–H and O–H groups in total. The fraction of sp³-hybridized carbons (Fsp3) is 0.667. The van der Waals surface area contributed by atoms with E-state index in [1.807, 2.05) is 19.2 Å². The van der Waals surface area contributed by atoms with Crippen LogP contribution in [0.3, 0.4) is 0 Å². The number of benzene rings is 1. The van der Waals surface area contributed by atoms with E-state index in [9.17, 15) is 0 Å². The predicted molar refractivity (Wildman–Crippen MR) is 131 cm³/mol. The fourth-order valence-electron chi connectivity index (χ4n) is 4.27. The van der Waals surface area contributed by atoms with Crippen LogP contribution in [-0.2, 0) is 14.9 Å². The third-order valence-electron chi connectivity index (χ3n) is 5.89. The molecule has 2 aliphatic rings. The normalized spacial score (nSPS) is 20.3. The van der Waals surface area contributed by atoms with Crippen LogP contribution >= 0.6 is 47.2 Å². The van der Waals surface area contributed by atoms with Gasteiger partial charge in [0, 0.05) is 62.0 Å². The first-order valence-corrected chi connectivity index (χ1v) is 10.9. The van der Waals surface area contributed by atoms with Crippen molar-refractivity contribution in [3.8, 4) is 0 Å². The zero-order valence-corrected chi connectivity index (χ0v) is 21.1. The van der Waals surface area contributed by atoms with Gasteiger partial charge in [-0.3, -0.25) is 4.99 Å². The number of hydrogen-bond acceptors (Lipinski definition) is 3. The first kappa shape index (κ1) is 25.0. The van der Waals surface area contributed by atoms with Crippen molar-refractivity contribution in [2.75, 3.05) is 46.5 Å². The SMILES string of the molecule is CCOC1CCN(C(=NC)NCC2(c3ccc(Cl)cc3Cl)CCOCC2)CC1.I. The molecule has 0 amide bonds. The highest BCUT2D eigenvalue weighted by atomic mass is 127. The van der Waals surface area contributed by atoms with Crippen molar-refractivity contribution in [3.05, 3.63) is 33.8 Å². The Kier molecular flexibility index (Phi) is 10.3. The second-order valence-corrected chi connectivity index (χ2v) is 8.40. The molecule has 5 nitrogen and oxygen atoms in total. The van der Waals surface area contributed by atoms with E-state index in [4.69, 9.17) is 32.7 Å². The van der Waals surface area contributed by atoms with Crippen LogP contribution in [-0.4, -0.2) is 63.5 Å². The van der Waals surface area contributed by atoms with Gasteiger partial charge in [0.2, 0.25) is 0 Å². The number of likely N-dealkylation sites (tertiary alicyclic amines) is 1. The van der Waals surface area contributed by atoms with Gasteiger partial charge in [-0.05, 0) is 50.3 Å². The molecule has 164 valence electrons. The van der Waals surface area contributed by atoms with Crippen LogP contribution < -0.4 is 5.32 Å². The minimum absolute atomic E-state index is 0. The van der Waals surface area contributed by atoms with Gasteiger partial charge in [0.1, 0.15) is 0 Å². The Bertz CT molecular complexity index is 676. The van der Waals surface area contributed by atoms with Crippen molar-refractivity contribution >= 4 is 53.1 Å². The topological polar surface area (TPSA) is 46.1 Å². The Balaban J connectivity index is 0.00000300. The van der Waals surface area contributed by atoms with Crippen LogP contribution in [0.1, 0.15) is 38.2 Å². The number of nitrogens with zero attached hydrogens (tertiary/aromatic N) is 2. The van der Waals surface area contributed by atoms with Crippen LogP contribution in [0.2, 0.25) is 10.0 Å². The Morgan fingerprint density at radius 1 is 1.28 bits per heavy atom. The molecule has 3 rings (SSSR count). The summed E-state index contributed by atoms with van der Waals surface area (Å²) in [4.78, 5) is 6.86. The molecule has 2 fully saturated rings. The summed E-state index contributed by atoms with van der Waals surface area (Å²) in [6, 6.07) is 5.82. The average Bonchev–Trinajstić information content (AvgIpc) is 2.70. The van der Waals surface area contributed by atoms with Crippen LogP contribution in [0.15, 0.2) is 23.2 Å². The molecule has 0 atom stereocenters. The largest absolute Gasteiger partial charge is 0.381 e. The maximum absolute atomic E-state index is 6.59. The monoisotopic (exact) mass is 555 g/mol. The molecule has 2 aliphatic heterocycles. The summed E-state index contributed by atoms with van der Waals surface area (Å²) in [6.07, 6.45) is 4.29. The van der Waals surface area contributed by atoms with Gasteiger partial charge in [-0.1, -0.05) is 29.3 Å². The second-order valence-electron chi connectivity index (χ2n) is 7.56. The predicted octanol–water partition coefficient (Wildman–Crippen LogP) is 4.74. The van der Waals surface area contributed by atoms with Gasteiger partial charge in [-0.15, -0.1) is 24.0 Å². The van der Waals surface area contributed by atoms with E-state index in [1.165, 1.54) is 0 Å². The fourth-order valence-corrected chi connectivity index (χ4v) is 4.88. The van der Waals surface area contributed by atoms with Gasteiger partial charge >= 0.3 is 0 Å². The average molecular weight is 556 g/mol. The highest BCUT2D eigenvalue weighted by molar-refractivity contribution is 14.0. The van der Waals surface area contributed by atoms with E-state index in [0.29, 0.717) is 11.1 Å². The molecule has 1 aromatic carbocycles. The quantitative estimate of drug-likeness (QED) is 0.324. The maximum atomic E-state index is 6.59. The second kappa shape index (κ2) is 11.9. The van der Waals surface area contributed by atoms with Crippen molar-refractivity contribution in [3.63, 3.8) is 0 Å². The number of guanidine groups is 1. The molecular formula is C21H32Cl2IN3O2. The molecule has 0 bridgehead atoms. The van der Waals surface area contributed by atoms with Gasteiger partial charge in [0.05, 0.1) is 6.10 Å². The zero-order chi connectivity index (χ0) is 20.0. The van der Waals surface area contributed by atoms with Gasteiger partial charge in [0.15, 0.2) is 5.96 Å². The summed E-state index contributed by atoms with van der Waals surface area (Å²) in [7, 11) is 1.85. The first-order valence-electron chi connectivity index (χ1n) is 10.2. The van der Waals surface area contributed by atoms with E-state index in [-0.39, 0.29) is 29.4 Å². The van der Waals surface area contributed by atoms with Crippen LogP contribution in [0.5, 0.6) is 0 Å². The minimum Gasteiger partial charge on any atom is -0.381 e. The van der Waals surface area contributed by atoms with Crippen molar-refractivity contribution in [1.82, 2.24) is 10.2 Å². The number of piperidine rings is 1. The molecule has 8 heteroatoms. The maximum Gasteiger partial charge on any atom is 0.193 e. The summed E-state index contributed by atoms with van der Waals surface area (Å²) < 4.78 is 11.4. The van der Waals surface area contributed by atoms with Gasteiger partial charge in [-0.2, -0.15) is 0 Å². The number of nitrogens with one attached hydrogen (secondary N) is 1. The Hall–Kier alpha value is -0.280. The van der Waals surface area contributed by atoms with Gasteiger partial charge in [0.25, 0.3) is 0 Å². The molecule has 2 saturated heterocycles. The van der Waals surface area contributed by atoms with E-state index < -0.39 is 0 Å². The number of aliphatic imine (C=N–C) groups is 1. The molecule has 0 spiro atoms. The smallest absolute Gasteiger partial charge is 0.193 e. The lowest BCUT2D eigenvalue weighted by Crippen LogP contribution is -2.51. The minimum atomic E-state index is -0.0838. The van der Waals surface area contributed by atoms with Crippen LogP contribution in [0, 0.1) is 0 Å². The van der Waals surface area contributed by atoms with Crippen molar-refractivity contribution < 1.29 is 9.47 Å². The number of halogens is 3. The van der Waals surface area contributed by atoms with E-state index in [1.54, 1.807) is 0 Å². The van der Waals surface area contributed by atoms with Crippen molar-refractivity contribution in [1.29, 1.82) is 0 Å². The number of rotatable bonds is 5. The third kappa shape index (κ3) is 6.35. The lowest BCUT2D eigenvalue weighted by atomic mass is 9.74. The molecule has 1 aromatic rings. The Labute approximate surface area is 201 Å². The molecule has 0 saturated carbocycles. The summed E-state index contributed by atoms with van der Waals surface area (Å²) in [5.41, 5.74) is 1.05. The van der Waals surface area contributed by atoms with Crippen LogP contribution in [0.4, 0.5) is 0 Å². The van der Waals surface area contributed by atoms with Crippen molar-refractivity contribution in [2.45, 2.75) is 44.1 Å². The van der Waals surface area contributed by atoms with Crippen molar-refractivity contribution in [2.24, 2.45) is 4.99 Å². The summed E-state index contributed by atoms with van der Waals surface area (Å²) in [5.74, 6) is 0.950. The number of ether oxygens (including phenoxy) is 2. The number of hydrogen-bond donors (Lipinski definition) is 1. The van der Waals surface area contributed by atoms with Gasteiger partial charge < -0.3 is 19.7 Å². The molecule has 0 radical (unpaired) electrons. The molecule has 0 aromatic heterocycles. The first-order chi connectivity index (χ1) is 13.6. The summed E-state index contributed by atoms with van der Waals surface area (Å²) in [6.45, 7) is 7.00. The highest BCUT2D eigenvalue weighted by Gasteiger charge is 2.37. The Morgan fingerprint density at radius 2 is 1.97 bits per heavy atom. The summed E-state index contributed by atoms with van der Waals surface area (Å²) in [5, 5.41) is 5.01. The van der Waals surface area contributed by atoms with Gasteiger partial charge in [-0.25, -0.2) is 0 Å². The Morgan fingerprint density at radius 3 is 2.55 bits per heavy atom. The van der Waals surface area contributed by atoms with E-state index in [2.05, 4.69) is 28.2 Å². The van der Waals surface area contributed by atoms with E-state index in [0.717, 1.165) is 81.7 Å². The highest BCUT2D eigenvalue weighted by Crippen LogP contribution is 2.39. The molecule has 0 unspecified atom stereocenters. The molecule has 0 aliphatic carbocycles. The van der Waals surface area contributed by atoms with Crippen LogP contribution in [0.25, 0.3) is 0 Å². The summed E-state index contributed by atoms with van der Waals surface area (Å²) >= 11 is 12.7. The molecule has 2 heterocycles. The third-order valence-corrected chi connectivity index (χ3v) is 6.44. The van der Waals surface area contributed by atoms with E-state index >= 15 is 0 Å². The lowest BCUT2D eigenvalue weighted by Gasteiger charge is -2.40. The molecular weight excluding hydrogens is 524 g/mol. The lowest BCUT2D eigenvalue weighted by molar-refractivity contribution is 0.0259. The zero-order valence-electron chi connectivity index (χ0n) is 17.3. The molecule has 29 heavy (non-hydrogen) atoms.